The van der Waals surface area contributed by atoms with Crippen LogP contribution in [0.4, 0.5) is 4.39 Å². The normalized spacial score (nSPS) is 53.4. The molecule has 0 radical (unpaired) electrons. The van der Waals surface area contributed by atoms with Crippen LogP contribution in [0.3, 0.4) is 0 Å². The summed E-state index contributed by atoms with van der Waals surface area (Å²) < 4.78 is 12.8. The van der Waals surface area contributed by atoms with Crippen molar-refractivity contribution in [3.05, 3.63) is 0 Å². The van der Waals surface area contributed by atoms with E-state index in [0.29, 0.717) is 12.3 Å². The van der Waals surface area contributed by atoms with E-state index in [-0.39, 0.29) is 5.92 Å². The minimum atomic E-state index is -0.961. The Hall–Kier alpha value is -0.150. The molecule has 0 aromatic heterocycles. The molecule has 0 unspecified atom stereocenters. The second kappa shape index (κ2) is 2.17. The maximum atomic E-state index is 12.8. The zero-order valence-electron chi connectivity index (χ0n) is 5.76. The standard InChI is InChI=1S/C7H12FNO/c8-6-1-4-2-9-3-5(4)7(6)10/h4-7,9-10H,1-3H2/t4-,5+,6-,7-/m0/s1. The summed E-state index contributed by atoms with van der Waals surface area (Å²) in [5.41, 5.74) is 0. The smallest absolute Gasteiger partial charge is 0.127 e. The first-order valence-electron chi connectivity index (χ1n) is 3.82. The summed E-state index contributed by atoms with van der Waals surface area (Å²) in [7, 11) is 0. The predicted molar refractivity (Wildman–Crippen MR) is 35.4 cm³/mol. The van der Waals surface area contributed by atoms with Gasteiger partial charge in [0.2, 0.25) is 0 Å². The van der Waals surface area contributed by atoms with Crippen LogP contribution in [0.25, 0.3) is 0 Å². The molecule has 2 nitrogen and oxygen atoms in total. The molecule has 0 aromatic rings. The summed E-state index contributed by atoms with van der Waals surface area (Å²) in [6.07, 6.45) is -1.10. The van der Waals surface area contributed by atoms with Crippen LogP contribution in [-0.2, 0) is 0 Å². The highest BCUT2D eigenvalue weighted by atomic mass is 19.1. The van der Waals surface area contributed by atoms with Gasteiger partial charge in [0.25, 0.3) is 0 Å². The first-order valence-corrected chi connectivity index (χ1v) is 3.82. The monoisotopic (exact) mass is 145 g/mol. The van der Waals surface area contributed by atoms with Gasteiger partial charge in [0.15, 0.2) is 0 Å². The second-order valence-electron chi connectivity index (χ2n) is 3.32. The molecule has 0 amide bonds. The first-order chi connectivity index (χ1) is 4.79. The second-order valence-corrected chi connectivity index (χ2v) is 3.32. The minimum absolute atomic E-state index is 0.190. The number of rotatable bonds is 0. The Labute approximate surface area is 59.4 Å². The zero-order chi connectivity index (χ0) is 7.14. The van der Waals surface area contributed by atoms with Crippen molar-refractivity contribution in [2.75, 3.05) is 13.1 Å². The van der Waals surface area contributed by atoms with E-state index < -0.39 is 12.3 Å². The summed E-state index contributed by atoms with van der Waals surface area (Å²) in [6.45, 7) is 1.69. The molecular formula is C7H12FNO. The number of hydrogen-bond donors (Lipinski definition) is 2. The van der Waals surface area contributed by atoms with Crippen molar-refractivity contribution in [3.63, 3.8) is 0 Å². The molecule has 0 aromatic carbocycles. The molecule has 3 heteroatoms. The average Bonchev–Trinajstić information content (AvgIpc) is 2.41. The van der Waals surface area contributed by atoms with Crippen LogP contribution in [0.15, 0.2) is 0 Å². The van der Waals surface area contributed by atoms with Crippen molar-refractivity contribution in [2.24, 2.45) is 11.8 Å². The molecule has 2 fully saturated rings. The Kier molecular flexibility index (Phi) is 1.42. The molecule has 10 heavy (non-hydrogen) atoms. The molecule has 1 aliphatic carbocycles. The van der Waals surface area contributed by atoms with E-state index in [1.165, 1.54) is 0 Å². The zero-order valence-corrected chi connectivity index (χ0v) is 5.76. The number of aliphatic hydroxyl groups excluding tert-OH is 1. The molecule has 58 valence electrons. The number of hydrogen-bond acceptors (Lipinski definition) is 2. The third-order valence-electron chi connectivity index (χ3n) is 2.73. The Morgan fingerprint density at radius 1 is 1.40 bits per heavy atom. The van der Waals surface area contributed by atoms with Crippen molar-refractivity contribution in [1.82, 2.24) is 5.32 Å². The van der Waals surface area contributed by atoms with Crippen molar-refractivity contribution in [2.45, 2.75) is 18.7 Å². The van der Waals surface area contributed by atoms with Crippen molar-refractivity contribution in [3.8, 4) is 0 Å². The summed E-state index contributed by atoms with van der Waals surface area (Å²) in [5, 5.41) is 12.4. The third-order valence-corrected chi connectivity index (χ3v) is 2.73. The first kappa shape index (κ1) is 6.55. The summed E-state index contributed by atoms with van der Waals surface area (Å²) in [6, 6.07) is 0. The van der Waals surface area contributed by atoms with Crippen LogP contribution < -0.4 is 5.32 Å². The van der Waals surface area contributed by atoms with Crippen LogP contribution >= 0.6 is 0 Å². The van der Waals surface area contributed by atoms with Crippen LogP contribution in [-0.4, -0.2) is 30.5 Å². The molecule has 1 heterocycles. The number of halogens is 1. The summed E-state index contributed by atoms with van der Waals surface area (Å²) in [4.78, 5) is 0. The van der Waals surface area contributed by atoms with E-state index in [4.69, 9.17) is 0 Å². The molecule has 0 bridgehead atoms. The maximum absolute atomic E-state index is 12.8. The van der Waals surface area contributed by atoms with E-state index in [2.05, 4.69) is 5.32 Å². The van der Waals surface area contributed by atoms with Gasteiger partial charge in [0.05, 0.1) is 6.10 Å². The SMILES string of the molecule is O[C@H]1[C@@H]2CNC[C@@H]2C[C@@H]1F. The molecule has 2 N–H and O–H groups in total. The predicted octanol–water partition coefficient (Wildman–Crippen LogP) is -0.0753. The van der Waals surface area contributed by atoms with Crippen molar-refractivity contribution < 1.29 is 9.50 Å². The molecule has 0 spiro atoms. The Bertz CT molecular complexity index is 140. The van der Waals surface area contributed by atoms with Gasteiger partial charge in [-0.05, 0) is 18.9 Å². The Morgan fingerprint density at radius 2 is 2.20 bits per heavy atom. The Balaban J connectivity index is 2.09. The number of alkyl halides is 1. The summed E-state index contributed by atoms with van der Waals surface area (Å²) in [5.74, 6) is 0.583. The molecule has 1 aliphatic heterocycles. The summed E-state index contributed by atoms with van der Waals surface area (Å²) >= 11 is 0. The van der Waals surface area contributed by atoms with Gasteiger partial charge in [-0.2, -0.15) is 0 Å². The molecular weight excluding hydrogens is 133 g/mol. The van der Waals surface area contributed by atoms with Gasteiger partial charge in [-0.25, -0.2) is 4.39 Å². The fourth-order valence-electron chi connectivity index (χ4n) is 2.11. The number of fused-ring (bicyclic) bond motifs is 1. The van der Waals surface area contributed by atoms with E-state index in [0.717, 1.165) is 13.1 Å². The van der Waals surface area contributed by atoms with Gasteiger partial charge in [0.1, 0.15) is 6.17 Å². The molecule has 1 saturated carbocycles. The van der Waals surface area contributed by atoms with E-state index >= 15 is 0 Å². The van der Waals surface area contributed by atoms with E-state index in [9.17, 15) is 9.50 Å². The average molecular weight is 145 g/mol. The highest BCUT2D eigenvalue weighted by molar-refractivity contribution is 4.96. The lowest BCUT2D eigenvalue weighted by atomic mass is 10.00. The highest BCUT2D eigenvalue weighted by Crippen LogP contribution is 2.36. The van der Waals surface area contributed by atoms with Gasteiger partial charge in [-0.15, -0.1) is 0 Å². The van der Waals surface area contributed by atoms with Gasteiger partial charge >= 0.3 is 0 Å². The lowest BCUT2D eigenvalue weighted by Crippen LogP contribution is -2.26. The van der Waals surface area contributed by atoms with Gasteiger partial charge in [-0.3, -0.25) is 0 Å². The molecule has 2 aliphatic rings. The largest absolute Gasteiger partial charge is 0.390 e. The molecule has 4 atom stereocenters. The van der Waals surface area contributed by atoms with E-state index in [1.807, 2.05) is 0 Å². The number of aliphatic hydroxyl groups is 1. The lowest BCUT2D eigenvalue weighted by Gasteiger charge is -2.11. The van der Waals surface area contributed by atoms with Crippen LogP contribution in [0.5, 0.6) is 0 Å². The maximum Gasteiger partial charge on any atom is 0.127 e. The van der Waals surface area contributed by atoms with Crippen LogP contribution in [0.1, 0.15) is 6.42 Å². The van der Waals surface area contributed by atoms with Gasteiger partial charge in [-0.1, -0.05) is 0 Å². The van der Waals surface area contributed by atoms with Crippen LogP contribution in [0.2, 0.25) is 0 Å². The highest BCUT2D eigenvalue weighted by Gasteiger charge is 2.44. The third kappa shape index (κ3) is 0.772. The quantitative estimate of drug-likeness (QED) is 0.500. The molecule has 1 saturated heterocycles. The van der Waals surface area contributed by atoms with Crippen LogP contribution in [0, 0.1) is 11.8 Å². The van der Waals surface area contributed by atoms with Crippen molar-refractivity contribution in [1.29, 1.82) is 0 Å². The Morgan fingerprint density at radius 3 is 2.90 bits per heavy atom. The lowest BCUT2D eigenvalue weighted by molar-refractivity contribution is 0.0709. The molecule has 2 rings (SSSR count). The topological polar surface area (TPSA) is 32.3 Å². The fourth-order valence-corrected chi connectivity index (χ4v) is 2.11. The fraction of sp³-hybridized carbons (Fsp3) is 1.00. The van der Waals surface area contributed by atoms with Gasteiger partial charge in [0, 0.05) is 12.5 Å². The van der Waals surface area contributed by atoms with Gasteiger partial charge < -0.3 is 10.4 Å². The minimum Gasteiger partial charge on any atom is -0.390 e. The van der Waals surface area contributed by atoms with E-state index in [1.54, 1.807) is 0 Å². The van der Waals surface area contributed by atoms with Crippen molar-refractivity contribution >= 4 is 0 Å². The number of nitrogens with one attached hydrogen (secondary N) is 1.